The Morgan fingerprint density at radius 3 is 2.75 bits per heavy atom. The molecule has 1 N–H and O–H groups in total. The van der Waals surface area contributed by atoms with Crippen molar-refractivity contribution in [3.8, 4) is 0 Å². The van der Waals surface area contributed by atoms with E-state index >= 15 is 0 Å². The number of amides is 3. The predicted molar refractivity (Wildman–Crippen MR) is 62.3 cm³/mol. The van der Waals surface area contributed by atoms with Gasteiger partial charge in [0.2, 0.25) is 5.91 Å². The van der Waals surface area contributed by atoms with Crippen molar-refractivity contribution in [1.29, 1.82) is 0 Å². The molecule has 1 rings (SSSR count). The summed E-state index contributed by atoms with van der Waals surface area (Å²) in [7, 11) is 1.64. The monoisotopic (exact) mass is 223 g/mol. The first kappa shape index (κ1) is 12.4. The largest absolute Gasteiger partial charge is 0.329 e. The molecule has 1 heterocycles. The van der Waals surface area contributed by atoms with Gasteiger partial charge in [0.15, 0.2) is 0 Å². The molecular weight excluding hydrogens is 206 g/mol. The minimum absolute atomic E-state index is 0.229. The molecule has 0 aromatic rings. The number of aliphatic imine (C=N–C) groups is 1. The number of hydrogen-bond acceptors (Lipinski definition) is 3. The van der Waals surface area contributed by atoms with Crippen LogP contribution >= 0.6 is 0 Å². The summed E-state index contributed by atoms with van der Waals surface area (Å²) in [6, 6.07) is -0.392. The van der Waals surface area contributed by atoms with Crippen molar-refractivity contribution in [3.63, 3.8) is 0 Å². The zero-order chi connectivity index (χ0) is 12.1. The quantitative estimate of drug-likeness (QED) is 0.566. The maximum Gasteiger partial charge on any atom is 0.329 e. The van der Waals surface area contributed by atoms with Gasteiger partial charge in [-0.15, -0.1) is 0 Å². The van der Waals surface area contributed by atoms with Gasteiger partial charge in [0, 0.05) is 20.0 Å². The highest BCUT2D eigenvalue weighted by atomic mass is 16.2. The van der Waals surface area contributed by atoms with E-state index in [1.54, 1.807) is 7.05 Å². The number of amidine groups is 1. The van der Waals surface area contributed by atoms with Crippen LogP contribution in [0.15, 0.2) is 16.6 Å². The molecule has 1 fully saturated rings. The number of urea groups is 1. The lowest BCUT2D eigenvalue weighted by Gasteiger charge is -2.26. The second-order valence-corrected chi connectivity index (χ2v) is 3.68. The van der Waals surface area contributed by atoms with Crippen molar-refractivity contribution in [3.05, 3.63) is 11.6 Å². The summed E-state index contributed by atoms with van der Waals surface area (Å²) < 4.78 is 0. The molecule has 88 valence electrons. The van der Waals surface area contributed by atoms with Gasteiger partial charge in [0.25, 0.3) is 0 Å². The Balaban J connectivity index is 2.82. The van der Waals surface area contributed by atoms with E-state index < -0.39 is 6.03 Å². The van der Waals surface area contributed by atoms with Crippen LogP contribution in [0.2, 0.25) is 0 Å². The van der Waals surface area contributed by atoms with Gasteiger partial charge in [-0.25, -0.2) is 4.79 Å². The van der Waals surface area contributed by atoms with Gasteiger partial charge in [-0.1, -0.05) is 12.5 Å². The van der Waals surface area contributed by atoms with Gasteiger partial charge in [0.05, 0.1) is 0 Å². The molecule has 0 aliphatic carbocycles. The highest BCUT2D eigenvalue weighted by Crippen LogP contribution is 2.06. The Morgan fingerprint density at radius 2 is 2.25 bits per heavy atom. The smallest absolute Gasteiger partial charge is 0.278 e. The van der Waals surface area contributed by atoms with Crippen LogP contribution in [-0.4, -0.2) is 36.3 Å². The summed E-state index contributed by atoms with van der Waals surface area (Å²) in [4.78, 5) is 28.1. The molecule has 0 aromatic heterocycles. The molecule has 1 saturated heterocycles. The molecule has 5 heteroatoms. The van der Waals surface area contributed by atoms with Crippen molar-refractivity contribution < 1.29 is 9.59 Å². The molecule has 0 unspecified atom stereocenters. The van der Waals surface area contributed by atoms with E-state index in [1.165, 1.54) is 4.90 Å². The van der Waals surface area contributed by atoms with Crippen molar-refractivity contribution in [2.45, 2.75) is 26.7 Å². The zero-order valence-corrected chi connectivity index (χ0v) is 9.91. The predicted octanol–water partition coefficient (Wildman–Crippen LogP) is 1.31. The van der Waals surface area contributed by atoms with Crippen molar-refractivity contribution in [2.75, 3.05) is 13.6 Å². The molecule has 0 bridgehead atoms. The molecule has 16 heavy (non-hydrogen) atoms. The Morgan fingerprint density at radius 1 is 1.56 bits per heavy atom. The van der Waals surface area contributed by atoms with E-state index in [4.69, 9.17) is 0 Å². The lowest BCUT2D eigenvalue weighted by atomic mass is 10.2. The lowest BCUT2D eigenvalue weighted by molar-refractivity contribution is -0.121. The maximum atomic E-state index is 11.6. The first-order chi connectivity index (χ1) is 7.58. The fourth-order valence-electron chi connectivity index (χ4n) is 1.37. The normalized spacial score (nSPS) is 18.8. The summed E-state index contributed by atoms with van der Waals surface area (Å²) >= 11 is 0. The Hall–Kier alpha value is -1.65. The third kappa shape index (κ3) is 2.92. The third-order valence-electron chi connectivity index (χ3n) is 2.49. The standard InChI is InChI=1S/C11H17N3O2/c1-4-8(2)7-9(12-3)14-6-5-10(15)13-11(14)16/h7H,4-6H2,1-3H3,(H,13,15,16)/b8-7+,12-9?. The zero-order valence-electron chi connectivity index (χ0n) is 9.91. The van der Waals surface area contributed by atoms with Gasteiger partial charge in [-0.05, 0) is 19.4 Å². The van der Waals surface area contributed by atoms with Gasteiger partial charge in [-0.2, -0.15) is 0 Å². The van der Waals surface area contributed by atoms with Gasteiger partial charge >= 0.3 is 6.03 Å². The lowest BCUT2D eigenvalue weighted by Crippen LogP contribution is -2.51. The van der Waals surface area contributed by atoms with E-state index in [1.807, 2.05) is 19.9 Å². The molecule has 0 atom stereocenters. The fraction of sp³-hybridized carbons (Fsp3) is 0.545. The highest BCUT2D eigenvalue weighted by Gasteiger charge is 2.25. The molecular formula is C11H17N3O2. The van der Waals surface area contributed by atoms with Crippen molar-refractivity contribution in [2.24, 2.45) is 4.99 Å². The first-order valence-corrected chi connectivity index (χ1v) is 5.33. The van der Waals surface area contributed by atoms with Crippen LogP contribution in [0.25, 0.3) is 0 Å². The third-order valence-corrected chi connectivity index (χ3v) is 2.49. The minimum Gasteiger partial charge on any atom is -0.278 e. The number of rotatable bonds is 2. The topological polar surface area (TPSA) is 61.8 Å². The minimum atomic E-state index is -0.392. The van der Waals surface area contributed by atoms with Gasteiger partial charge < -0.3 is 0 Å². The SMILES string of the molecule is CC/C(C)=C/C(=NC)N1CCC(=O)NC1=O. The summed E-state index contributed by atoms with van der Waals surface area (Å²) in [5, 5.41) is 2.27. The molecule has 1 aliphatic heterocycles. The average Bonchev–Trinajstić information content (AvgIpc) is 2.26. The van der Waals surface area contributed by atoms with Gasteiger partial charge in [0.1, 0.15) is 5.84 Å². The Labute approximate surface area is 95.2 Å². The fourth-order valence-corrected chi connectivity index (χ4v) is 1.37. The molecule has 0 aromatic carbocycles. The average molecular weight is 223 g/mol. The number of allylic oxidation sites excluding steroid dienone is 1. The van der Waals surface area contributed by atoms with Crippen molar-refractivity contribution >= 4 is 17.8 Å². The molecule has 0 radical (unpaired) electrons. The van der Waals surface area contributed by atoms with E-state index in [0.717, 1.165) is 12.0 Å². The molecule has 1 aliphatic rings. The molecule has 0 spiro atoms. The van der Waals surface area contributed by atoms with Crippen LogP contribution in [-0.2, 0) is 4.79 Å². The summed E-state index contributed by atoms with van der Waals surface area (Å²) in [6.45, 7) is 4.42. The van der Waals surface area contributed by atoms with Crippen LogP contribution in [0.1, 0.15) is 26.7 Å². The second-order valence-electron chi connectivity index (χ2n) is 3.68. The second kappa shape index (κ2) is 5.44. The summed E-state index contributed by atoms with van der Waals surface area (Å²) in [5.41, 5.74) is 1.14. The number of nitrogens with one attached hydrogen (secondary N) is 1. The molecule has 5 nitrogen and oxygen atoms in total. The van der Waals surface area contributed by atoms with E-state index in [0.29, 0.717) is 18.8 Å². The Bertz CT molecular complexity index is 358. The summed E-state index contributed by atoms with van der Waals surface area (Å²) in [6.07, 6.45) is 3.10. The number of hydrogen-bond donors (Lipinski definition) is 1. The number of carbonyl (C=O) groups is 2. The number of imide groups is 1. The first-order valence-electron chi connectivity index (χ1n) is 5.33. The van der Waals surface area contributed by atoms with E-state index in [2.05, 4.69) is 10.3 Å². The molecule has 3 amide bonds. The summed E-state index contributed by atoms with van der Waals surface area (Å²) in [5.74, 6) is 0.372. The number of carbonyl (C=O) groups excluding carboxylic acids is 2. The van der Waals surface area contributed by atoms with Gasteiger partial charge in [-0.3, -0.25) is 20.0 Å². The highest BCUT2D eigenvalue weighted by molar-refractivity contribution is 6.09. The van der Waals surface area contributed by atoms with Crippen LogP contribution < -0.4 is 5.32 Å². The van der Waals surface area contributed by atoms with E-state index in [-0.39, 0.29) is 5.91 Å². The van der Waals surface area contributed by atoms with Crippen molar-refractivity contribution in [1.82, 2.24) is 10.2 Å². The number of nitrogens with zero attached hydrogens (tertiary/aromatic N) is 2. The molecule has 0 saturated carbocycles. The van der Waals surface area contributed by atoms with Crippen LogP contribution in [0.4, 0.5) is 4.79 Å². The van der Waals surface area contributed by atoms with Crippen LogP contribution in [0.3, 0.4) is 0 Å². The van der Waals surface area contributed by atoms with E-state index in [9.17, 15) is 9.59 Å². The van der Waals surface area contributed by atoms with Crippen LogP contribution in [0, 0.1) is 0 Å². The Kier molecular flexibility index (Phi) is 4.22. The van der Waals surface area contributed by atoms with Crippen LogP contribution in [0.5, 0.6) is 0 Å². The maximum absolute atomic E-state index is 11.6.